The molecule has 1 aliphatic rings. The number of thiazole rings is 1. The SMILES string of the molecule is O=C(Nc1nc(-c2ccccn2)cs1)[C@H]1CC(=O)N(c2ccccc2F)C1. The predicted molar refractivity (Wildman–Crippen MR) is 101 cm³/mol. The number of para-hydroxylation sites is 1. The van der Waals surface area contributed by atoms with Crippen molar-refractivity contribution in [3.05, 3.63) is 59.9 Å². The quantitative estimate of drug-likeness (QED) is 0.751. The first-order chi connectivity index (χ1) is 13.1. The topological polar surface area (TPSA) is 75.2 Å². The number of carbonyl (C=O) groups excluding carboxylic acids is 2. The highest BCUT2D eigenvalue weighted by atomic mass is 32.1. The van der Waals surface area contributed by atoms with E-state index in [1.54, 1.807) is 18.3 Å². The maximum atomic E-state index is 13.9. The van der Waals surface area contributed by atoms with Crippen LogP contribution in [0, 0.1) is 11.7 Å². The molecule has 1 aliphatic heterocycles. The standard InChI is InChI=1S/C19H15FN4O2S/c20-13-5-1-2-7-16(13)24-10-12(9-17(24)25)18(26)23-19-22-15(11-27-19)14-6-3-4-8-21-14/h1-8,11-12H,9-10H2,(H,22,23,26)/t12-/m0/s1. The van der Waals surface area contributed by atoms with E-state index in [1.807, 2.05) is 23.6 Å². The number of anilines is 2. The van der Waals surface area contributed by atoms with E-state index in [4.69, 9.17) is 0 Å². The van der Waals surface area contributed by atoms with Gasteiger partial charge in [-0.1, -0.05) is 18.2 Å². The molecule has 3 heterocycles. The Morgan fingerprint density at radius 1 is 1.19 bits per heavy atom. The Bertz CT molecular complexity index is 992. The molecule has 6 nitrogen and oxygen atoms in total. The molecule has 1 fully saturated rings. The van der Waals surface area contributed by atoms with Crippen LogP contribution in [0.25, 0.3) is 11.4 Å². The van der Waals surface area contributed by atoms with E-state index in [0.29, 0.717) is 10.8 Å². The molecule has 0 spiro atoms. The van der Waals surface area contributed by atoms with E-state index in [-0.39, 0.29) is 30.5 Å². The molecule has 0 saturated carbocycles. The van der Waals surface area contributed by atoms with Gasteiger partial charge in [0.1, 0.15) is 11.5 Å². The number of hydrogen-bond donors (Lipinski definition) is 1. The van der Waals surface area contributed by atoms with Crippen LogP contribution in [0.15, 0.2) is 54.0 Å². The molecule has 4 rings (SSSR count). The van der Waals surface area contributed by atoms with Gasteiger partial charge in [-0.05, 0) is 24.3 Å². The van der Waals surface area contributed by atoms with Gasteiger partial charge in [-0.25, -0.2) is 9.37 Å². The number of halogens is 1. The van der Waals surface area contributed by atoms with Crippen LogP contribution < -0.4 is 10.2 Å². The number of amides is 2. The van der Waals surface area contributed by atoms with Crippen molar-refractivity contribution in [2.24, 2.45) is 5.92 Å². The van der Waals surface area contributed by atoms with E-state index < -0.39 is 11.7 Å². The van der Waals surface area contributed by atoms with Crippen LogP contribution in [0.2, 0.25) is 0 Å². The Morgan fingerprint density at radius 3 is 2.78 bits per heavy atom. The van der Waals surface area contributed by atoms with Gasteiger partial charge in [0, 0.05) is 24.5 Å². The lowest BCUT2D eigenvalue weighted by Gasteiger charge is -2.17. The Hall–Kier alpha value is -3.13. The summed E-state index contributed by atoms with van der Waals surface area (Å²) in [6.07, 6.45) is 1.72. The summed E-state index contributed by atoms with van der Waals surface area (Å²) in [6.45, 7) is 0.143. The first-order valence-electron chi connectivity index (χ1n) is 8.34. The third-order valence-corrected chi connectivity index (χ3v) is 5.06. The summed E-state index contributed by atoms with van der Waals surface area (Å²) in [7, 11) is 0. The summed E-state index contributed by atoms with van der Waals surface area (Å²) < 4.78 is 13.9. The number of hydrogen-bond acceptors (Lipinski definition) is 5. The largest absolute Gasteiger partial charge is 0.309 e. The molecule has 3 aromatic rings. The molecular weight excluding hydrogens is 367 g/mol. The Kier molecular flexibility index (Phi) is 4.64. The summed E-state index contributed by atoms with van der Waals surface area (Å²) in [6, 6.07) is 11.6. The molecule has 136 valence electrons. The number of benzene rings is 1. The Morgan fingerprint density at radius 2 is 2.00 bits per heavy atom. The fourth-order valence-corrected chi connectivity index (χ4v) is 3.66. The fourth-order valence-electron chi connectivity index (χ4n) is 2.96. The molecule has 1 aromatic carbocycles. The number of nitrogens with zero attached hydrogens (tertiary/aromatic N) is 3. The predicted octanol–water partition coefficient (Wildman–Crippen LogP) is 3.34. The lowest BCUT2D eigenvalue weighted by Crippen LogP contribution is -2.28. The summed E-state index contributed by atoms with van der Waals surface area (Å²) in [4.78, 5) is 34.7. The number of pyridine rings is 1. The number of carbonyl (C=O) groups is 2. The van der Waals surface area contributed by atoms with Crippen molar-refractivity contribution in [2.75, 3.05) is 16.8 Å². The van der Waals surface area contributed by atoms with E-state index in [0.717, 1.165) is 5.69 Å². The molecule has 1 atom stereocenters. The van der Waals surface area contributed by atoms with Crippen LogP contribution in [-0.2, 0) is 9.59 Å². The van der Waals surface area contributed by atoms with Gasteiger partial charge >= 0.3 is 0 Å². The van der Waals surface area contributed by atoms with Crippen LogP contribution in [0.4, 0.5) is 15.2 Å². The Balaban J connectivity index is 1.45. The highest BCUT2D eigenvalue weighted by Gasteiger charge is 2.36. The van der Waals surface area contributed by atoms with Crippen molar-refractivity contribution < 1.29 is 14.0 Å². The third-order valence-electron chi connectivity index (χ3n) is 4.30. The van der Waals surface area contributed by atoms with Crippen molar-refractivity contribution in [3.8, 4) is 11.4 Å². The van der Waals surface area contributed by atoms with Gasteiger partial charge in [-0.15, -0.1) is 11.3 Å². The first-order valence-corrected chi connectivity index (χ1v) is 9.22. The monoisotopic (exact) mass is 382 g/mol. The second-order valence-corrected chi connectivity index (χ2v) is 6.96. The number of aromatic nitrogens is 2. The van der Waals surface area contributed by atoms with E-state index in [1.165, 1.54) is 28.4 Å². The second kappa shape index (κ2) is 7.24. The maximum Gasteiger partial charge on any atom is 0.231 e. The zero-order chi connectivity index (χ0) is 18.8. The minimum Gasteiger partial charge on any atom is -0.309 e. The smallest absolute Gasteiger partial charge is 0.231 e. The van der Waals surface area contributed by atoms with Crippen LogP contribution in [0.3, 0.4) is 0 Å². The molecule has 8 heteroatoms. The van der Waals surface area contributed by atoms with Crippen LogP contribution in [-0.4, -0.2) is 28.3 Å². The van der Waals surface area contributed by atoms with Crippen molar-refractivity contribution >= 4 is 34.0 Å². The van der Waals surface area contributed by atoms with Crippen LogP contribution in [0.5, 0.6) is 0 Å². The molecule has 0 unspecified atom stereocenters. The van der Waals surface area contributed by atoms with Gasteiger partial charge in [-0.3, -0.25) is 14.6 Å². The first kappa shape index (κ1) is 17.3. The van der Waals surface area contributed by atoms with Gasteiger partial charge in [0.05, 0.1) is 17.3 Å². The average Bonchev–Trinajstić information content (AvgIpc) is 3.30. The molecule has 2 amide bonds. The summed E-state index contributed by atoms with van der Waals surface area (Å²) in [5, 5.41) is 5.00. The highest BCUT2D eigenvalue weighted by Crippen LogP contribution is 2.29. The Labute approximate surface area is 158 Å². The average molecular weight is 382 g/mol. The minimum absolute atomic E-state index is 0.0403. The van der Waals surface area contributed by atoms with E-state index in [9.17, 15) is 14.0 Å². The van der Waals surface area contributed by atoms with Crippen molar-refractivity contribution in [1.29, 1.82) is 0 Å². The molecule has 0 bridgehead atoms. The third kappa shape index (κ3) is 3.56. The lowest BCUT2D eigenvalue weighted by atomic mass is 10.1. The molecule has 0 aliphatic carbocycles. The summed E-state index contributed by atoms with van der Waals surface area (Å²) in [5.41, 5.74) is 1.59. The molecule has 1 N–H and O–H groups in total. The van der Waals surface area contributed by atoms with Crippen molar-refractivity contribution in [2.45, 2.75) is 6.42 Å². The second-order valence-electron chi connectivity index (χ2n) is 6.10. The van der Waals surface area contributed by atoms with E-state index in [2.05, 4.69) is 15.3 Å². The molecule has 1 saturated heterocycles. The van der Waals surface area contributed by atoms with Gasteiger partial charge in [0.15, 0.2) is 5.13 Å². The fraction of sp³-hybridized carbons (Fsp3) is 0.158. The molecule has 0 radical (unpaired) electrons. The van der Waals surface area contributed by atoms with Gasteiger partial charge in [0.25, 0.3) is 0 Å². The van der Waals surface area contributed by atoms with Gasteiger partial charge < -0.3 is 10.2 Å². The summed E-state index contributed by atoms with van der Waals surface area (Å²) in [5.74, 6) is -1.61. The summed E-state index contributed by atoms with van der Waals surface area (Å²) >= 11 is 1.29. The molecule has 2 aromatic heterocycles. The zero-order valence-corrected chi connectivity index (χ0v) is 14.9. The number of rotatable bonds is 4. The zero-order valence-electron chi connectivity index (χ0n) is 14.1. The molecule has 27 heavy (non-hydrogen) atoms. The van der Waals surface area contributed by atoms with Crippen molar-refractivity contribution in [3.63, 3.8) is 0 Å². The van der Waals surface area contributed by atoms with Gasteiger partial charge in [-0.2, -0.15) is 0 Å². The maximum absolute atomic E-state index is 13.9. The molecular formula is C19H15FN4O2S. The van der Waals surface area contributed by atoms with Crippen molar-refractivity contribution in [1.82, 2.24) is 9.97 Å². The van der Waals surface area contributed by atoms with Crippen LogP contribution >= 0.6 is 11.3 Å². The number of nitrogens with one attached hydrogen (secondary N) is 1. The minimum atomic E-state index is -0.556. The van der Waals surface area contributed by atoms with E-state index >= 15 is 0 Å². The lowest BCUT2D eigenvalue weighted by molar-refractivity contribution is -0.122. The van der Waals surface area contributed by atoms with Crippen LogP contribution in [0.1, 0.15) is 6.42 Å². The normalized spacial score (nSPS) is 16.6. The van der Waals surface area contributed by atoms with Gasteiger partial charge in [0.2, 0.25) is 11.8 Å². The highest BCUT2D eigenvalue weighted by molar-refractivity contribution is 7.14.